The van der Waals surface area contributed by atoms with Crippen LogP contribution in [-0.2, 0) is 4.74 Å². The van der Waals surface area contributed by atoms with Crippen molar-refractivity contribution in [3.8, 4) is 6.07 Å². The number of ether oxygens (including phenoxy) is 1. The van der Waals surface area contributed by atoms with Crippen LogP contribution in [0.15, 0.2) is 0 Å². The number of rotatable bonds is 3. The van der Waals surface area contributed by atoms with Crippen LogP contribution in [0.5, 0.6) is 0 Å². The van der Waals surface area contributed by atoms with Gasteiger partial charge in [-0.05, 0) is 20.4 Å². The van der Waals surface area contributed by atoms with Crippen LogP contribution in [0.1, 0.15) is 19.8 Å². The lowest BCUT2D eigenvalue weighted by molar-refractivity contribution is 0.0844. The molecule has 0 aromatic carbocycles. The zero-order valence-corrected chi connectivity index (χ0v) is 7.79. The van der Waals surface area contributed by atoms with Crippen LogP contribution in [0, 0.1) is 11.3 Å². The highest BCUT2D eigenvalue weighted by atomic mass is 16.5. The summed E-state index contributed by atoms with van der Waals surface area (Å²) in [5, 5.41) is 8.42. The van der Waals surface area contributed by atoms with Gasteiger partial charge >= 0.3 is 0 Å². The minimum absolute atomic E-state index is 0.327. The molecule has 2 unspecified atom stereocenters. The monoisotopic (exact) mass is 168 g/mol. The smallest absolute Gasteiger partial charge is 0.0702 e. The Kier molecular flexibility index (Phi) is 3.51. The van der Waals surface area contributed by atoms with Gasteiger partial charge in [-0.1, -0.05) is 0 Å². The number of nitrogens with zero attached hydrogens (tertiary/aromatic N) is 2. The number of likely N-dealkylation sites (N-methyl/N-ethyl adjacent to an activating group) is 1. The van der Waals surface area contributed by atoms with Gasteiger partial charge in [0.25, 0.3) is 0 Å². The van der Waals surface area contributed by atoms with Gasteiger partial charge in [0.1, 0.15) is 0 Å². The molecular formula is C9H16N2O. The van der Waals surface area contributed by atoms with E-state index < -0.39 is 0 Å². The Balaban J connectivity index is 2.31. The van der Waals surface area contributed by atoms with Gasteiger partial charge < -0.3 is 4.74 Å². The third-order valence-corrected chi connectivity index (χ3v) is 2.48. The molecule has 0 bridgehead atoms. The first-order chi connectivity index (χ1) is 5.75. The number of hydrogen-bond acceptors (Lipinski definition) is 3. The molecule has 0 aromatic rings. The first-order valence-corrected chi connectivity index (χ1v) is 4.44. The van der Waals surface area contributed by atoms with Crippen LogP contribution >= 0.6 is 0 Å². The molecule has 0 aliphatic carbocycles. The summed E-state index contributed by atoms with van der Waals surface area (Å²) in [4.78, 5) is 2.22. The summed E-state index contributed by atoms with van der Waals surface area (Å²) < 4.78 is 5.44. The van der Waals surface area contributed by atoms with E-state index in [2.05, 4.69) is 24.9 Å². The van der Waals surface area contributed by atoms with Crippen LogP contribution in [0.4, 0.5) is 0 Å². The second-order valence-corrected chi connectivity index (χ2v) is 3.32. The van der Waals surface area contributed by atoms with E-state index in [1.807, 2.05) is 0 Å². The minimum atomic E-state index is 0.327. The predicted molar refractivity (Wildman–Crippen MR) is 46.7 cm³/mol. The molecule has 0 aromatic heterocycles. The summed E-state index contributed by atoms with van der Waals surface area (Å²) in [5.41, 5.74) is 0. The molecule has 0 N–H and O–H groups in total. The lowest BCUT2D eigenvalue weighted by atomic mass is 10.1. The highest BCUT2D eigenvalue weighted by molar-refractivity contribution is 4.82. The van der Waals surface area contributed by atoms with Crippen molar-refractivity contribution in [3.63, 3.8) is 0 Å². The molecule has 12 heavy (non-hydrogen) atoms. The molecule has 1 aliphatic rings. The fraction of sp³-hybridized carbons (Fsp3) is 0.889. The van der Waals surface area contributed by atoms with E-state index >= 15 is 0 Å². The van der Waals surface area contributed by atoms with Crippen LogP contribution < -0.4 is 0 Å². The highest BCUT2D eigenvalue weighted by Crippen LogP contribution is 2.17. The molecular weight excluding hydrogens is 152 g/mol. The van der Waals surface area contributed by atoms with Crippen molar-refractivity contribution in [1.82, 2.24) is 4.90 Å². The molecule has 0 spiro atoms. The quantitative estimate of drug-likeness (QED) is 0.631. The Bertz CT molecular complexity index is 176. The molecule has 3 heteroatoms. The van der Waals surface area contributed by atoms with E-state index in [0.717, 1.165) is 19.6 Å². The Morgan fingerprint density at radius 3 is 2.92 bits per heavy atom. The maximum Gasteiger partial charge on any atom is 0.0702 e. The summed E-state index contributed by atoms with van der Waals surface area (Å²) in [6.07, 6.45) is 2.04. The first-order valence-electron chi connectivity index (χ1n) is 4.44. The van der Waals surface area contributed by atoms with Gasteiger partial charge in [-0.2, -0.15) is 5.26 Å². The fourth-order valence-corrected chi connectivity index (χ4v) is 1.69. The SMILES string of the molecule is CC1OCCC1N(C)CCC#N. The molecule has 0 amide bonds. The van der Waals surface area contributed by atoms with Gasteiger partial charge in [0.05, 0.1) is 12.2 Å². The summed E-state index contributed by atoms with van der Waals surface area (Å²) in [5.74, 6) is 0. The van der Waals surface area contributed by atoms with E-state index in [0.29, 0.717) is 18.6 Å². The molecule has 0 saturated carbocycles. The molecule has 0 radical (unpaired) electrons. The summed E-state index contributed by atoms with van der Waals surface area (Å²) in [6.45, 7) is 3.82. The summed E-state index contributed by atoms with van der Waals surface area (Å²) in [6, 6.07) is 2.67. The third-order valence-electron chi connectivity index (χ3n) is 2.48. The van der Waals surface area contributed by atoms with Gasteiger partial charge in [0, 0.05) is 25.6 Å². The summed E-state index contributed by atoms with van der Waals surface area (Å²) >= 11 is 0. The van der Waals surface area contributed by atoms with Crippen LogP contribution in [0.2, 0.25) is 0 Å². The van der Waals surface area contributed by atoms with E-state index in [1.165, 1.54) is 0 Å². The van der Waals surface area contributed by atoms with Crippen molar-refractivity contribution in [2.24, 2.45) is 0 Å². The standard InChI is InChI=1S/C9H16N2O/c1-8-9(4-7-12-8)11(2)6-3-5-10/h8-9H,3-4,6-7H2,1-2H3. The lowest BCUT2D eigenvalue weighted by Gasteiger charge is -2.25. The third kappa shape index (κ3) is 2.20. The topological polar surface area (TPSA) is 36.3 Å². The average molecular weight is 168 g/mol. The second kappa shape index (κ2) is 4.44. The van der Waals surface area contributed by atoms with Crippen molar-refractivity contribution in [2.75, 3.05) is 20.2 Å². The van der Waals surface area contributed by atoms with Gasteiger partial charge in [0.2, 0.25) is 0 Å². The van der Waals surface area contributed by atoms with Crippen LogP contribution in [0.3, 0.4) is 0 Å². The maximum absolute atomic E-state index is 8.42. The molecule has 1 heterocycles. The van der Waals surface area contributed by atoms with Crippen molar-refractivity contribution in [2.45, 2.75) is 31.9 Å². The van der Waals surface area contributed by atoms with Gasteiger partial charge in [0.15, 0.2) is 0 Å². The normalized spacial score (nSPS) is 29.2. The second-order valence-electron chi connectivity index (χ2n) is 3.32. The Labute approximate surface area is 73.9 Å². The van der Waals surface area contributed by atoms with E-state index in [1.54, 1.807) is 0 Å². The van der Waals surface area contributed by atoms with E-state index in [9.17, 15) is 0 Å². The zero-order chi connectivity index (χ0) is 8.97. The Morgan fingerprint density at radius 1 is 1.67 bits per heavy atom. The summed E-state index contributed by atoms with van der Waals surface area (Å²) in [7, 11) is 2.06. The molecule has 2 atom stereocenters. The fourth-order valence-electron chi connectivity index (χ4n) is 1.69. The van der Waals surface area contributed by atoms with Gasteiger partial charge in [-0.25, -0.2) is 0 Å². The minimum Gasteiger partial charge on any atom is -0.377 e. The van der Waals surface area contributed by atoms with Crippen LogP contribution in [-0.4, -0.2) is 37.2 Å². The molecule has 3 nitrogen and oxygen atoms in total. The number of nitriles is 1. The Hall–Kier alpha value is -0.590. The molecule has 1 rings (SSSR count). The van der Waals surface area contributed by atoms with Crippen molar-refractivity contribution >= 4 is 0 Å². The molecule has 68 valence electrons. The zero-order valence-electron chi connectivity index (χ0n) is 7.79. The maximum atomic E-state index is 8.42. The largest absolute Gasteiger partial charge is 0.377 e. The van der Waals surface area contributed by atoms with Gasteiger partial charge in [-0.15, -0.1) is 0 Å². The van der Waals surface area contributed by atoms with E-state index in [4.69, 9.17) is 10.00 Å². The molecule has 1 aliphatic heterocycles. The average Bonchev–Trinajstić information content (AvgIpc) is 2.47. The first kappa shape index (κ1) is 9.50. The van der Waals surface area contributed by atoms with Crippen molar-refractivity contribution < 1.29 is 4.74 Å². The predicted octanol–water partition coefficient (Wildman–Crippen LogP) is 1.01. The van der Waals surface area contributed by atoms with Crippen molar-refractivity contribution in [3.05, 3.63) is 0 Å². The van der Waals surface area contributed by atoms with E-state index in [-0.39, 0.29) is 0 Å². The molecule has 1 saturated heterocycles. The Morgan fingerprint density at radius 2 is 2.42 bits per heavy atom. The van der Waals surface area contributed by atoms with Gasteiger partial charge in [-0.3, -0.25) is 4.90 Å². The number of hydrogen-bond donors (Lipinski definition) is 0. The van der Waals surface area contributed by atoms with Crippen LogP contribution in [0.25, 0.3) is 0 Å². The highest BCUT2D eigenvalue weighted by Gasteiger charge is 2.27. The van der Waals surface area contributed by atoms with Crippen molar-refractivity contribution in [1.29, 1.82) is 5.26 Å². The molecule has 1 fully saturated rings. The lowest BCUT2D eigenvalue weighted by Crippen LogP contribution is -2.37.